The molecule has 0 aliphatic rings. The monoisotopic (exact) mass is 336 g/mol. The van der Waals surface area contributed by atoms with Crippen LogP contribution in [0.2, 0.25) is 5.02 Å². The van der Waals surface area contributed by atoms with Gasteiger partial charge in [0.05, 0.1) is 4.83 Å². The molecule has 0 radical (unpaired) electrons. The summed E-state index contributed by atoms with van der Waals surface area (Å²) < 4.78 is 0. The Balaban J connectivity index is 2.10. The number of hydrogen-bond donors (Lipinski definition) is 0. The van der Waals surface area contributed by atoms with Gasteiger partial charge in [-0.25, -0.2) is 0 Å². The molecule has 100 valence electrons. The second kappa shape index (κ2) is 7.12. The molecule has 0 fully saturated rings. The molecule has 0 nitrogen and oxygen atoms in total. The lowest BCUT2D eigenvalue weighted by Crippen LogP contribution is -1.93. The van der Waals surface area contributed by atoms with E-state index in [0.717, 1.165) is 5.02 Å². The molecule has 0 amide bonds. The summed E-state index contributed by atoms with van der Waals surface area (Å²) in [5.74, 6) is 0. The third-order valence-corrected chi connectivity index (χ3v) is 4.56. The second-order valence-electron chi connectivity index (χ2n) is 4.76. The molecule has 2 aromatic rings. The molecule has 0 saturated carbocycles. The van der Waals surface area contributed by atoms with Crippen molar-refractivity contribution in [2.75, 3.05) is 0 Å². The molecule has 2 rings (SSSR count). The topological polar surface area (TPSA) is 0 Å². The largest absolute Gasteiger partial charge is 0.0843 e. The maximum Gasteiger partial charge on any atom is 0.0644 e. The van der Waals surface area contributed by atoms with Gasteiger partial charge in [-0.1, -0.05) is 77.3 Å². The van der Waals surface area contributed by atoms with E-state index in [9.17, 15) is 0 Å². The lowest BCUT2D eigenvalue weighted by atomic mass is 10.0. The molecule has 0 saturated heterocycles. The Bertz CT molecular complexity index is 502. The van der Waals surface area contributed by atoms with Crippen molar-refractivity contribution in [3.8, 4) is 0 Å². The predicted molar refractivity (Wildman–Crippen MR) is 87.3 cm³/mol. The van der Waals surface area contributed by atoms with Gasteiger partial charge in [-0.15, -0.1) is 0 Å². The van der Waals surface area contributed by atoms with Gasteiger partial charge in [0.1, 0.15) is 0 Å². The van der Waals surface area contributed by atoms with Gasteiger partial charge in [0, 0.05) is 5.02 Å². The molecule has 0 spiro atoms. The standard InChI is InChI=1S/C17H18BrCl/c1-2-3-4-13-5-7-14(8-6-13)17(18)15-9-11-16(19)12-10-15/h5-12,17H,2-4H2,1H3. The van der Waals surface area contributed by atoms with Crippen molar-refractivity contribution in [2.24, 2.45) is 0 Å². The molecule has 0 heterocycles. The highest BCUT2D eigenvalue weighted by molar-refractivity contribution is 9.09. The number of aryl methyl sites for hydroxylation is 1. The van der Waals surface area contributed by atoms with Gasteiger partial charge < -0.3 is 0 Å². The summed E-state index contributed by atoms with van der Waals surface area (Å²) in [6.07, 6.45) is 3.67. The van der Waals surface area contributed by atoms with E-state index in [1.165, 1.54) is 36.0 Å². The van der Waals surface area contributed by atoms with Gasteiger partial charge in [0.15, 0.2) is 0 Å². The van der Waals surface area contributed by atoms with Crippen molar-refractivity contribution in [3.05, 3.63) is 70.2 Å². The molecule has 1 atom stereocenters. The van der Waals surface area contributed by atoms with Crippen molar-refractivity contribution in [1.29, 1.82) is 0 Å². The van der Waals surface area contributed by atoms with Crippen LogP contribution in [0, 0.1) is 0 Å². The number of rotatable bonds is 5. The van der Waals surface area contributed by atoms with Crippen LogP contribution in [0.3, 0.4) is 0 Å². The Labute approximate surface area is 128 Å². The first-order valence-electron chi connectivity index (χ1n) is 6.69. The highest BCUT2D eigenvalue weighted by Crippen LogP contribution is 2.31. The normalized spacial score (nSPS) is 12.4. The summed E-state index contributed by atoms with van der Waals surface area (Å²) >= 11 is 9.67. The van der Waals surface area contributed by atoms with Crippen LogP contribution in [-0.4, -0.2) is 0 Å². The summed E-state index contributed by atoms with van der Waals surface area (Å²) in [6, 6.07) is 16.9. The zero-order valence-corrected chi connectivity index (χ0v) is 13.4. The molecule has 19 heavy (non-hydrogen) atoms. The van der Waals surface area contributed by atoms with Crippen LogP contribution in [0.4, 0.5) is 0 Å². The molecule has 0 bridgehead atoms. The molecular weight excluding hydrogens is 320 g/mol. The Morgan fingerprint density at radius 1 is 0.947 bits per heavy atom. The summed E-state index contributed by atoms with van der Waals surface area (Å²) in [4.78, 5) is 0.227. The van der Waals surface area contributed by atoms with E-state index >= 15 is 0 Å². The minimum absolute atomic E-state index is 0.227. The fourth-order valence-corrected chi connectivity index (χ4v) is 2.79. The highest BCUT2D eigenvalue weighted by Gasteiger charge is 2.09. The average molecular weight is 338 g/mol. The summed E-state index contributed by atoms with van der Waals surface area (Å²) in [5.41, 5.74) is 3.93. The maximum atomic E-state index is 5.92. The van der Waals surface area contributed by atoms with Crippen molar-refractivity contribution in [1.82, 2.24) is 0 Å². The zero-order chi connectivity index (χ0) is 13.7. The predicted octanol–water partition coefficient (Wildman–Crippen LogP) is 6.17. The molecule has 2 aromatic carbocycles. The van der Waals surface area contributed by atoms with Crippen molar-refractivity contribution >= 4 is 27.5 Å². The SMILES string of the molecule is CCCCc1ccc(C(Br)c2ccc(Cl)cc2)cc1. The van der Waals surface area contributed by atoms with E-state index in [1.807, 2.05) is 12.1 Å². The van der Waals surface area contributed by atoms with Crippen LogP contribution in [0.25, 0.3) is 0 Å². The molecule has 0 aliphatic carbocycles. The molecule has 2 heteroatoms. The number of hydrogen-bond acceptors (Lipinski definition) is 0. The smallest absolute Gasteiger partial charge is 0.0644 e. The van der Waals surface area contributed by atoms with Crippen LogP contribution in [0.15, 0.2) is 48.5 Å². The third-order valence-electron chi connectivity index (χ3n) is 3.25. The Morgan fingerprint density at radius 2 is 1.47 bits per heavy atom. The quantitative estimate of drug-likeness (QED) is 0.572. The first kappa shape index (κ1) is 14.6. The Hall–Kier alpha value is -0.790. The zero-order valence-electron chi connectivity index (χ0n) is 11.1. The molecule has 1 unspecified atom stereocenters. The minimum Gasteiger partial charge on any atom is -0.0843 e. The van der Waals surface area contributed by atoms with E-state index in [-0.39, 0.29) is 4.83 Å². The van der Waals surface area contributed by atoms with Gasteiger partial charge in [0.2, 0.25) is 0 Å². The Morgan fingerprint density at radius 3 is 2.00 bits per heavy atom. The Kier molecular flexibility index (Phi) is 5.47. The number of halogens is 2. The van der Waals surface area contributed by atoms with Crippen molar-refractivity contribution in [2.45, 2.75) is 31.0 Å². The van der Waals surface area contributed by atoms with Gasteiger partial charge in [-0.3, -0.25) is 0 Å². The molecule has 0 aromatic heterocycles. The first-order valence-corrected chi connectivity index (χ1v) is 7.98. The lowest BCUT2D eigenvalue weighted by molar-refractivity contribution is 0.795. The van der Waals surface area contributed by atoms with E-state index in [0.29, 0.717) is 0 Å². The summed E-state index contributed by atoms with van der Waals surface area (Å²) in [5, 5.41) is 0.776. The van der Waals surface area contributed by atoms with Crippen molar-refractivity contribution < 1.29 is 0 Å². The average Bonchev–Trinajstić information content (AvgIpc) is 2.46. The highest BCUT2D eigenvalue weighted by atomic mass is 79.9. The maximum absolute atomic E-state index is 5.92. The van der Waals surface area contributed by atoms with Gasteiger partial charge in [-0.05, 0) is 41.7 Å². The third kappa shape index (κ3) is 4.09. The van der Waals surface area contributed by atoms with E-state index in [4.69, 9.17) is 11.6 Å². The van der Waals surface area contributed by atoms with Gasteiger partial charge in [0.25, 0.3) is 0 Å². The molecule has 0 aliphatic heterocycles. The van der Waals surface area contributed by atoms with Crippen LogP contribution in [-0.2, 0) is 6.42 Å². The second-order valence-corrected chi connectivity index (χ2v) is 6.11. The lowest BCUT2D eigenvalue weighted by Gasteiger charge is -2.11. The number of unbranched alkanes of at least 4 members (excludes halogenated alkanes) is 1. The van der Waals surface area contributed by atoms with Crippen molar-refractivity contribution in [3.63, 3.8) is 0 Å². The first-order chi connectivity index (χ1) is 9.20. The van der Waals surface area contributed by atoms with Gasteiger partial charge >= 0.3 is 0 Å². The summed E-state index contributed by atoms with van der Waals surface area (Å²) in [6.45, 7) is 2.23. The molecular formula is C17H18BrCl. The fourth-order valence-electron chi connectivity index (χ4n) is 2.06. The number of benzene rings is 2. The van der Waals surface area contributed by atoms with E-state index in [2.05, 4.69) is 59.3 Å². The van der Waals surface area contributed by atoms with Crippen LogP contribution >= 0.6 is 27.5 Å². The fraction of sp³-hybridized carbons (Fsp3) is 0.294. The van der Waals surface area contributed by atoms with Crippen LogP contribution in [0.1, 0.15) is 41.3 Å². The summed E-state index contributed by atoms with van der Waals surface area (Å²) in [7, 11) is 0. The molecule has 0 N–H and O–H groups in total. The van der Waals surface area contributed by atoms with Crippen LogP contribution < -0.4 is 0 Å². The van der Waals surface area contributed by atoms with Crippen LogP contribution in [0.5, 0.6) is 0 Å². The van der Waals surface area contributed by atoms with E-state index < -0.39 is 0 Å². The van der Waals surface area contributed by atoms with E-state index in [1.54, 1.807) is 0 Å². The van der Waals surface area contributed by atoms with Gasteiger partial charge in [-0.2, -0.15) is 0 Å². The minimum atomic E-state index is 0.227. The number of alkyl halides is 1.